The van der Waals surface area contributed by atoms with Gasteiger partial charge in [-0.3, -0.25) is 0 Å². The van der Waals surface area contributed by atoms with Crippen molar-refractivity contribution in [2.24, 2.45) is 5.92 Å². The molecule has 0 aromatic heterocycles. The second-order valence-electron chi connectivity index (χ2n) is 7.65. The Balaban J connectivity index is 0.00000210. The first-order valence-electron chi connectivity index (χ1n) is 10.2. The molecule has 1 nitrogen and oxygen atoms in total. The van der Waals surface area contributed by atoms with Crippen LogP contribution in [0.1, 0.15) is 44.1 Å². The highest BCUT2D eigenvalue weighted by Crippen LogP contribution is 2.31. The summed E-state index contributed by atoms with van der Waals surface area (Å²) in [4.78, 5) is 0. The highest BCUT2D eigenvalue weighted by atomic mass is 35.5. The fourth-order valence-corrected chi connectivity index (χ4v) is 4.40. The first-order valence-corrected chi connectivity index (χ1v) is 10.2. The van der Waals surface area contributed by atoms with Gasteiger partial charge in [0, 0.05) is 6.54 Å². The normalized spacial score (nSPS) is 14.8. The van der Waals surface area contributed by atoms with Crippen LogP contribution in [0.15, 0.2) is 66.7 Å². The molecule has 0 heterocycles. The molecule has 2 heteroatoms. The van der Waals surface area contributed by atoms with E-state index >= 15 is 0 Å². The van der Waals surface area contributed by atoms with Gasteiger partial charge in [0.15, 0.2) is 0 Å². The average Bonchev–Trinajstić information content (AvgIpc) is 2.72. The molecule has 27 heavy (non-hydrogen) atoms. The van der Waals surface area contributed by atoms with Crippen LogP contribution in [0.4, 0.5) is 0 Å². The molecular formula is C25H30ClN. The van der Waals surface area contributed by atoms with Crippen molar-refractivity contribution in [1.29, 1.82) is 0 Å². The topological polar surface area (TPSA) is 12.0 Å². The molecule has 4 rings (SSSR count). The predicted molar refractivity (Wildman–Crippen MR) is 120 cm³/mol. The Bertz CT molecular complexity index is 846. The number of nitrogens with one attached hydrogen (secondary N) is 1. The maximum absolute atomic E-state index is 3.71. The number of hydrogen-bond acceptors (Lipinski definition) is 1. The Hall–Kier alpha value is -1.83. The van der Waals surface area contributed by atoms with Crippen LogP contribution in [0.25, 0.3) is 21.9 Å². The second kappa shape index (κ2) is 9.92. The van der Waals surface area contributed by atoms with Crippen LogP contribution < -0.4 is 5.32 Å². The molecular weight excluding hydrogens is 350 g/mol. The molecule has 0 amide bonds. The Kier molecular flexibility index (Phi) is 7.32. The van der Waals surface area contributed by atoms with Gasteiger partial charge in [0.2, 0.25) is 0 Å². The summed E-state index contributed by atoms with van der Waals surface area (Å²) in [7, 11) is 0. The van der Waals surface area contributed by atoms with Gasteiger partial charge in [0.25, 0.3) is 0 Å². The van der Waals surface area contributed by atoms with E-state index in [0.29, 0.717) is 0 Å². The summed E-state index contributed by atoms with van der Waals surface area (Å²) in [6, 6.07) is 24.2. The number of benzene rings is 3. The van der Waals surface area contributed by atoms with Crippen molar-refractivity contribution in [1.82, 2.24) is 5.32 Å². The van der Waals surface area contributed by atoms with Crippen LogP contribution in [0, 0.1) is 5.92 Å². The lowest BCUT2D eigenvalue weighted by molar-refractivity contribution is 0.334. The molecule has 0 radical (unpaired) electrons. The fraction of sp³-hybridized carbons (Fsp3) is 0.360. The SMILES string of the molecule is Cl.c1ccc(-c2cccc3ccccc23)c(CNCCC2CCCCC2)c1. The maximum Gasteiger partial charge on any atom is 0.0211 e. The third-order valence-corrected chi connectivity index (χ3v) is 5.87. The van der Waals surface area contributed by atoms with E-state index in [1.165, 1.54) is 66.0 Å². The summed E-state index contributed by atoms with van der Waals surface area (Å²) in [6.07, 6.45) is 8.53. The van der Waals surface area contributed by atoms with Gasteiger partial charge in [-0.25, -0.2) is 0 Å². The number of halogens is 1. The predicted octanol–water partition coefficient (Wildman–Crippen LogP) is 6.99. The lowest BCUT2D eigenvalue weighted by atomic mass is 9.87. The maximum atomic E-state index is 3.71. The number of hydrogen-bond donors (Lipinski definition) is 1. The zero-order valence-corrected chi connectivity index (χ0v) is 16.8. The van der Waals surface area contributed by atoms with Gasteiger partial charge >= 0.3 is 0 Å². The molecule has 1 aliphatic rings. The Labute approximate surface area is 169 Å². The smallest absolute Gasteiger partial charge is 0.0211 e. The molecule has 1 saturated carbocycles. The largest absolute Gasteiger partial charge is 0.313 e. The van der Waals surface area contributed by atoms with E-state index < -0.39 is 0 Å². The third-order valence-electron chi connectivity index (χ3n) is 5.87. The summed E-state index contributed by atoms with van der Waals surface area (Å²) in [5.74, 6) is 0.949. The van der Waals surface area contributed by atoms with Gasteiger partial charge in [-0.1, -0.05) is 98.8 Å². The zero-order chi connectivity index (χ0) is 17.6. The molecule has 0 unspecified atom stereocenters. The summed E-state index contributed by atoms with van der Waals surface area (Å²) < 4.78 is 0. The summed E-state index contributed by atoms with van der Waals surface area (Å²) in [5, 5.41) is 6.36. The average molecular weight is 380 g/mol. The van der Waals surface area contributed by atoms with Gasteiger partial charge in [-0.2, -0.15) is 0 Å². The first-order chi connectivity index (χ1) is 12.9. The monoisotopic (exact) mass is 379 g/mol. The first kappa shape index (κ1) is 19.9. The molecule has 3 aromatic rings. The fourth-order valence-electron chi connectivity index (χ4n) is 4.40. The van der Waals surface area contributed by atoms with Crippen molar-refractivity contribution in [3.8, 4) is 11.1 Å². The summed E-state index contributed by atoms with van der Waals surface area (Å²) in [6.45, 7) is 2.08. The molecule has 1 N–H and O–H groups in total. The van der Waals surface area contributed by atoms with Crippen LogP contribution in [0.2, 0.25) is 0 Å². The van der Waals surface area contributed by atoms with Gasteiger partial charge in [-0.05, 0) is 46.3 Å². The number of rotatable bonds is 6. The third kappa shape index (κ3) is 4.91. The molecule has 1 aliphatic carbocycles. The van der Waals surface area contributed by atoms with E-state index in [4.69, 9.17) is 0 Å². The molecule has 1 fully saturated rings. The van der Waals surface area contributed by atoms with Gasteiger partial charge in [0.1, 0.15) is 0 Å². The van der Waals surface area contributed by atoms with Gasteiger partial charge < -0.3 is 5.32 Å². The van der Waals surface area contributed by atoms with Crippen LogP contribution in [0.5, 0.6) is 0 Å². The molecule has 0 saturated heterocycles. The lowest BCUT2D eigenvalue weighted by Gasteiger charge is -2.21. The van der Waals surface area contributed by atoms with Crippen LogP contribution in [-0.2, 0) is 6.54 Å². The molecule has 0 aliphatic heterocycles. The minimum Gasteiger partial charge on any atom is -0.313 e. The molecule has 142 valence electrons. The molecule has 3 aromatic carbocycles. The second-order valence-corrected chi connectivity index (χ2v) is 7.65. The van der Waals surface area contributed by atoms with Crippen molar-refractivity contribution in [2.75, 3.05) is 6.54 Å². The van der Waals surface area contributed by atoms with E-state index in [-0.39, 0.29) is 12.4 Å². The summed E-state index contributed by atoms with van der Waals surface area (Å²) in [5.41, 5.74) is 4.09. The van der Waals surface area contributed by atoms with Crippen molar-refractivity contribution in [3.63, 3.8) is 0 Å². The molecule has 0 spiro atoms. The molecule has 0 atom stereocenters. The van der Waals surface area contributed by atoms with E-state index in [1.807, 2.05) is 0 Å². The molecule has 0 bridgehead atoms. The van der Waals surface area contributed by atoms with Crippen molar-refractivity contribution < 1.29 is 0 Å². The van der Waals surface area contributed by atoms with Crippen LogP contribution >= 0.6 is 12.4 Å². The Morgan fingerprint density at radius 3 is 2.33 bits per heavy atom. The summed E-state index contributed by atoms with van der Waals surface area (Å²) >= 11 is 0. The standard InChI is InChI=1S/C25H29N.ClH/c1-2-9-20(10-3-1)17-18-26-19-22-12-5-7-15-24(22)25-16-8-13-21-11-4-6-14-23(21)25;/h4-8,11-16,20,26H,1-3,9-10,17-19H2;1H. The van der Waals surface area contributed by atoms with Crippen molar-refractivity contribution in [2.45, 2.75) is 45.1 Å². The number of fused-ring (bicyclic) bond motifs is 1. The Morgan fingerprint density at radius 1 is 0.741 bits per heavy atom. The van der Waals surface area contributed by atoms with Gasteiger partial charge in [0.05, 0.1) is 0 Å². The highest BCUT2D eigenvalue weighted by Gasteiger charge is 2.13. The van der Waals surface area contributed by atoms with E-state index in [9.17, 15) is 0 Å². The van der Waals surface area contributed by atoms with Crippen molar-refractivity contribution >= 4 is 23.2 Å². The lowest BCUT2D eigenvalue weighted by Crippen LogP contribution is -2.19. The van der Waals surface area contributed by atoms with Crippen LogP contribution in [0.3, 0.4) is 0 Å². The van der Waals surface area contributed by atoms with E-state index in [0.717, 1.165) is 19.0 Å². The quantitative estimate of drug-likeness (QED) is 0.455. The Morgan fingerprint density at radius 2 is 1.44 bits per heavy atom. The van der Waals surface area contributed by atoms with E-state index in [1.54, 1.807) is 0 Å². The van der Waals surface area contributed by atoms with Crippen LogP contribution in [-0.4, -0.2) is 6.54 Å². The van der Waals surface area contributed by atoms with Crippen molar-refractivity contribution in [3.05, 3.63) is 72.3 Å². The minimum atomic E-state index is 0. The van der Waals surface area contributed by atoms with Gasteiger partial charge in [-0.15, -0.1) is 12.4 Å². The minimum absolute atomic E-state index is 0. The zero-order valence-electron chi connectivity index (χ0n) is 16.0. The van der Waals surface area contributed by atoms with E-state index in [2.05, 4.69) is 72.0 Å². The highest BCUT2D eigenvalue weighted by molar-refractivity contribution is 5.97.